The zero-order valence-electron chi connectivity index (χ0n) is 14.2. The van der Waals surface area contributed by atoms with Gasteiger partial charge in [-0.1, -0.05) is 70.8 Å². The van der Waals surface area contributed by atoms with Crippen LogP contribution in [0.3, 0.4) is 0 Å². The average molecular weight is 314 g/mol. The first-order valence-electron chi connectivity index (χ1n) is 8.04. The first kappa shape index (κ1) is 17.0. The molecule has 0 amide bonds. The van der Waals surface area contributed by atoms with Gasteiger partial charge in [0.05, 0.1) is 11.4 Å². The van der Waals surface area contributed by atoms with Crippen LogP contribution in [0.2, 0.25) is 0 Å². The third kappa shape index (κ3) is 3.33. The molecule has 1 nitrogen and oxygen atoms in total. The summed E-state index contributed by atoms with van der Waals surface area (Å²) in [6.45, 7) is 17.3. The number of hydrogen-bond acceptors (Lipinski definition) is 2. The summed E-state index contributed by atoms with van der Waals surface area (Å²) in [7, 11) is 0. The predicted molar refractivity (Wildman–Crippen MR) is 100 cm³/mol. The molecule has 1 aromatic carbocycles. The number of benzene rings is 1. The summed E-state index contributed by atoms with van der Waals surface area (Å²) < 4.78 is 0. The van der Waals surface area contributed by atoms with E-state index in [1.54, 1.807) is 11.8 Å². The van der Waals surface area contributed by atoms with Crippen molar-refractivity contribution in [1.82, 2.24) is 0 Å². The van der Waals surface area contributed by atoms with Crippen molar-refractivity contribution in [3.05, 3.63) is 60.2 Å². The molecule has 118 valence electrons. The Labute approximate surface area is 139 Å². The summed E-state index contributed by atoms with van der Waals surface area (Å²) in [5, 5.41) is 0. The zero-order valence-corrected chi connectivity index (χ0v) is 15.0. The van der Waals surface area contributed by atoms with Gasteiger partial charge in [0.15, 0.2) is 0 Å². The Balaban J connectivity index is 2.59. The maximum Gasteiger partial charge on any atom is 0.0555 e. The monoisotopic (exact) mass is 313 g/mol. The van der Waals surface area contributed by atoms with Gasteiger partial charge in [0.2, 0.25) is 0 Å². The normalized spacial score (nSPS) is 16.0. The van der Waals surface area contributed by atoms with Crippen molar-refractivity contribution in [1.29, 1.82) is 0 Å². The van der Waals surface area contributed by atoms with Crippen molar-refractivity contribution in [3.63, 3.8) is 0 Å². The highest BCUT2D eigenvalue weighted by molar-refractivity contribution is 8.03. The summed E-state index contributed by atoms with van der Waals surface area (Å²) in [4.78, 5) is 4.99. The maximum absolute atomic E-state index is 4.07. The van der Waals surface area contributed by atoms with Crippen molar-refractivity contribution in [2.24, 2.45) is 11.8 Å². The highest BCUT2D eigenvalue weighted by Crippen LogP contribution is 2.46. The molecule has 0 saturated carbocycles. The molecule has 0 fully saturated rings. The summed E-state index contributed by atoms with van der Waals surface area (Å²) >= 11 is 1.79. The molecule has 1 aliphatic rings. The van der Waals surface area contributed by atoms with Gasteiger partial charge in [-0.2, -0.15) is 0 Å². The molecule has 0 aliphatic carbocycles. The number of thioether (sulfide) groups is 1. The van der Waals surface area contributed by atoms with Crippen molar-refractivity contribution < 1.29 is 0 Å². The number of hydrogen-bond donors (Lipinski definition) is 0. The Morgan fingerprint density at radius 1 is 1.09 bits per heavy atom. The lowest BCUT2D eigenvalue weighted by Crippen LogP contribution is -2.40. The van der Waals surface area contributed by atoms with E-state index in [4.69, 9.17) is 0 Å². The van der Waals surface area contributed by atoms with E-state index in [0.717, 1.165) is 0 Å². The SMILES string of the molecule is C=CC1=C(C=C)N(C(CC(C)C)C(C)C)c2ccccc2S1. The van der Waals surface area contributed by atoms with E-state index in [1.165, 1.54) is 27.6 Å². The Bertz CT molecular complexity index is 583. The Morgan fingerprint density at radius 3 is 2.32 bits per heavy atom. The standard InChI is InChI=1S/C20H27NS/c1-7-16-19(8-2)22-20-12-10-9-11-17(20)21(16)18(15(5)6)13-14(3)4/h7-12,14-15,18H,1-2,13H2,3-6H3. The number of rotatable bonds is 6. The molecule has 1 aliphatic heterocycles. The number of fused-ring (bicyclic) bond motifs is 1. The van der Waals surface area contributed by atoms with Gasteiger partial charge in [0.1, 0.15) is 0 Å². The molecule has 0 bridgehead atoms. The second-order valence-electron chi connectivity index (χ2n) is 6.54. The molecule has 1 heterocycles. The first-order valence-corrected chi connectivity index (χ1v) is 8.86. The van der Waals surface area contributed by atoms with Crippen LogP contribution in [0.1, 0.15) is 34.1 Å². The minimum atomic E-state index is 0.463. The molecule has 1 unspecified atom stereocenters. The van der Waals surface area contributed by atoms with E-state index in [-0.39, 0.29) is 0 Å². The smallest absolute Gasteiger partial charge is 0.0555 e. The highest BCUT2D eigenvalue weighted by atomic mass is 32.2. The van der Waals surface area contributed by atoms with Crippen LogP contribution in [0.25, 0.3) is 0 Å². The fraction of sp³-hybridized carbons (Fsp3) is 0.400. The average Bonchev–Trinajstić information content (AvgIpc) is 2.50. The van der Waals surface area contributed by atoms with E-state index in [0.29, 0.717) is 17.9 Å². The lowest BCUT2D eigenvalue weighted by Gasteiger charge is -2.42. The summed E-state index contributed by atoms with van der Waals surface area (Å²) in [6, 6.07) is 9.12. The first-order chi connectivity index (χ1) is 10.5. The van der Waals surface area contributed by atoms with E-state index in [2.05, 4.69) is 70.0 Å². The Morgan fingerprint density at radius 2 is 1.77 bits per heavy atom. The molecule has 2 heteroatoms. The molecule has 0 spiro atoms. The molecule has 0 aromatic heterocycles. The van der Waals surface area contributed by atoms with Gasteiger partial charge in [0.25, 0.3) is 0 Å². The molecule has 22 heavy (non-hydrogen) atoms. The van der Waals surface area contributed by atoms with Crippen LogP contribution in [-0.2, 0) is 0 Å². The van der Waals surface area contributed by atoms with Crippen molar-refractivity contribution in [3.8, 4) is 0 Å². The predicted octanol–water partition coefficient (Wildman–Crippen LogP) is 6.25. The fourth-order valence-electron chi connectivity index (χ4n) is 3.02. The molecule has 0 saturated heterocycles. The van der Waals surface area contributed by atoms with E-state index in [1.807, 2.05) is 12.2 Å². The largest absolute Gasteiger partial charge is 0.336 e. The van der Waals surface area contributed by atoms with Crippen LogP contribution >= 0.6 is 11.8 Å². The number of nitrogens with zero attached hydrogens (tertiary/aromatic N) is 1. The summed E-state index contributed by atoms with van der Waals surface area (Å²) in [5.41, 5.74) is 2.49. The molecular weight excluding hydrogens is 286 g/mol. The number of allylic oxidation sites excluding steroid dienone is 2. The van der Waals surface area contributed by atoms with Crippen LogP contribution in [0, 0.1) is 11.8 Å². The fourth-order valence-corrected chi connectivity index (χ4v) is 4.05. The topological polar surface area (TPSA) is 3.24 Å². The molecule has 0 N–H and O–H groups in total. The summed E-state index contributed by atoms with van der Waals surface area (Å²) in [6.07, 6.45) is 5.10. The van der Waals surface area contributed by atoms with Crippen LogP contribution in [0.4, 0.5) is 5.69 Å². The van der Waals surface area contributed by atoms with E-state index in [9.17, 15) is 0 Å². The van der Waals surface area contributed by atoms with Gasteiger partial charge < -0.3 is 4.90 Å². The zero-order chi connectivity index (χ0) is 16.3. The third-order valence-electron chi connectivity index (χ3n) is 4.05. The van der Waals surface area contributed by atoms with Gasteiger partial charge in [-0.05, 0) is 36.5 Å². The van der Waals surface area contributed by atoms with Gasteiger partial charge in [-0.25, -0.2) is 0 Å². The van der Waals surface area contributed by atoms with Crippen molar-refractivity contribution in [2.75, 3.05) is 4.90 Å². The van der Waals surface area contributed by atoms with E-state index >= 15 is 0 Å². The van der Waals surface area contributed by atoms with Crippen molar-refractivity contribution >= 4 is 17.4 Å². The Kier molecular flexibility index (Phi) is 5.57. The van der Waals surface area contributed by atoms with Crippen LogP contribution < -0.4 is 4.90 Å². The van der Waals surface area contributed by atoms with E-state index < -0.39 is 0 Å². The van der Waals surface area contributed by atoms with Crippen LogP contribution in [-0.4, -0.2) is 6.04 Å². The van der Waals surface area contributed by atoms with Gasteiger partial charge in [-0.15, -0.1) is 0 Å². The third-order valence-corrected chi connectivity index (χ3v) is 5.21. The van der Waals surface area contributed by atoms with Crippen LogP contribution in [0.15, 0.2) is 65.1 Å². The quantitative estimate of drug-likeness (QED) is 0.610. The van der Waals surface area contributed by atoms with Crippen molar-refractivity contribution in [2.45, 2.75) is 45.1 Å². The minimum Gasteiger partial charge on any atom is -0.336 e. The van der Waals surface area contributed by atoms with Gasteiger partial charge in [-0.3, -0.25) is 0 Å². The molecule has 2 rings (SSSR count). The minimum absolute atomic E-state index is 0.463. The Hall–Kier alpha value is -1.41. The number of para-hydroxylation sites is 1. The lowest BCUT2D eigenvalue weighted by atomic mass is 9.92. The molecule has 1 atom stereocenters. The second kappa shape index (κ2) is 7.23. The maximum atomic E-state index is 4.07. The molecule has 1 aromatic rings. The number of anilines is 1. The molecular formula is C20H27NS. The molecule has 0 radical (unpaired) electrons. The van der Waals surface area contributed by atoms with Gasteiger partial charge in [0, 0.05) is 15.8 Å². The summed E-state index contributed by atoms with van der Waals surface area (Å²) in [5.74, 6) is 1.23. The van der Waals surface area contributed by atoms with Gasteiger partial charge >= 0.3 is 0 Å². The lowest BCUT2D eigenvalue weighted by molar-refractivity contribution is 0.394. The highest BCUT2D eigenvalue weighted by Gasteiger charge is 2.31. The second-order valence-corrected chi connectivity index (χ2v) is 7.62. The van der Waals surface area contributed by atoms with Crippen LogP contribution in [0.5, 0.6) is 0 Å².